The summed E-state index contributed by atoms with van der Waals surface area (Å²) >= 11 is 0. The fourth-order valence-corrected chi connectivity index (χ4v) is 3.96. The van der Waals surface area contributed by atoms with Gasteiger partial charge in [0.1, 0.15) is 17.3 Å². The molecule has 1 saturated heterocycles. The highest BCUT2D eigenvalue weighted by Crippen LogP contribution is 2.31. The van der Waals surface area contributed by atoms with E-state index in [0.717, 1.165) is 10.4 Å². The van der Waals surface area contributed by atoms with E-state index in [0.29, 0.717) is 5.56 Å². The van der Waals surface area contributed by atoms with Gasteiger partial charge in [-0.1, -0.05) is 6.07 Å². The highest BCUT2D eigenvalue weighted by molar-refractivity contribution is 7.89. The van der Waals surface area contributed by atoms with Crippen LogP contribution in [0, 0.1) is 12.7 Å². The smallest absolute Gasteiger partial charge is 0.329 e. The van der Waals surface area contributed by atoms with Gasteiger partial charge in [-0.15, -0.1) is 0 Å². The van der Waals surface area contributed by atoms with E-state index in [4.69, 9.17) is 9.84 Å². The number of carboxylic acid groups (broad SMARTS) is 1. The lowest BCUT2D eigenvalue weighted by atomic mass is 10.0. The number of benzene rings is 1. The number of carboxylic acids is 1. The molecule has 8 heteroatoms. The van der Waals surface area contributed by atoms with E-state index in [1.165, 1.54) is 12.1 Å². The standard InChI is InChI=1S/C13H16FNO5S/c1-9-3-4-10(14)11(5-9)21(18,19)15-7-13(2,8-15)20-6-12(16)17/h3-5H,6-8H2,1-2H3,(H,16,17). The Kier molecular flexibility index (Phi) is 4.05. The molecule has 1 aromatic carbocycles. The molecule has 1 aliphatic heterocycles. The summed E-state index contributed by atoms with van der Waals surface area (Å²) < 4.78 is 44.6. The summed E-state index contributed by atoms with van der Waals surface area (Å²) in [4.78, 5) is 10.1. The Morgan fingerprint density at radius 2 is 2.10 bits per heavy atom. The summed E-state index contributed by atoms with van der Waals surface area (Å²) in [7, 11) is -3.93. The summed E-state index contributed by atoms with van der Waals surface area (Å²) in [5.41, 5.74) is -0.216. The van der Waals surface area contributed by atoms with Gasteiger partial charge in [0, 0.05) is 13.1 Å². The van der Waals surface area contributed by atoms with Crippen LogP contribution in [0.3, 0.4) is 0 Å². The van der Waals surface area contributed by atoms with Gasteiger partial charge >= 0.3 is 5.97 Å². The molecule has 1 fully saturated rings. The summed E-state index contributed by atoms with van der Waals surface area (Å²) in [5, 5.41) is 8.56. The lowest BCUT2D eigenvalue weighted by molar-refractivity contribution is -0.157. The lowest BCUT2D eigenvalue weighted by Gasteiger charge is -2.46. The van der Waals surface area contributed by atoms with E-state index in [1.807, 2.05) is 0 Å². The zero-order chi connectivity index (χ0) is 15.8. The molecule has 1 heterocycles. The number of aliphatic carboxylic acids is 1. The predicted octanol–water partition coefficient (Wildman–Crippen LogP) is 0.998. The molecule has 0 amide bonds. The van der Waals surface area contributed by atoms with E-state index in [1.54, 1.807) is 13.8 Å². The third-order valence-electron chi connectivity index (χ3n) is 3.27. The number of rotatable bonds is 5. The number of hydrogen-bond donors (Lipinski definition) is 1. The Morgan fingerprint density at radius 3 is 2.67 bits per heavy atom. The maximum Gasteiger partial charge on any atom is 0.329 e. The van der Waals surface area contributed by atoms with Crippen LogP contribution in [0.4, 0.5) is 4.39 Å². The van der Waals surface area contributed by atoms with Crippen LogP contribution in [-0.4, -0.2) is 49.1 Å². The number of aryl methyl sites for hydroxylation is 1. The number of nitrogens with zero attached hydrogens (tertiary/aromatic N) is 1. The number of ether oxygens (including phenoxy) is 1. The summed E-state index contributed by atoms with van der Waals surface area (Å²) in [6.45, 7) is 2.79. The first kappa shape index (κ1) is 15.9. The molecule has 0 bridgehead atoms. The molecule has 0 saturated carbocycles. The molecular formula is C13H16FNO5S. The van der Waals surface area contributed by atoms with E-state index >= 15 is 0 Å². The first-order valence-electron chi connectivity index (χ1n) is 6.26. The fourth-order valence-electron chi connectivity index (χ4n) is 2.14. The zero-order valence-corrected chi connectivity index (χ0v) is 12.5. The second-order valence-corrected chi connectivity index (χ2v) is 7.25. The van der Waals surface area contributed by atoms with Gasteiger partial charge in [0.2, 0.25) is 10.0 Å². The van der Waals surface area contributed by atoms with Gasteiger partial charge in [-0.3, -0.25) is 0 Å². The third kappa shape index (κ3) is 3.22. The molecule has 2 rings (SSSR count). The largest absolute Gasteiger partial charge is 0.480 e. The highest BCUT2D eigenvalue weighted by atomic mass is 32.2. The maximum atomic E-state index is 13.7. The molecule has 0 spiro atoms. The lowest BCUT2D eigenvalue weighted by Crippen LogP contribution is -2.63. The number of hydrogen-bond acceptors (Lipinski definition) is 4. The quantitative estimate of drug-likeness (QED) is 0.876. The van der Waals surface area contributed by atoms with Gasteiger partial charge in [0.25, 0.3) is 0 Å². The van der Waals surface area contributed by atoms with Crippen LogP contribution < -0.4 is 0 Å². The summed E-state index contributed by atoms with van der Waals surface area (Å²) in [5.74, 6) is -1.93. The monoisotopic (exact) mass is 317 g/mol. The van der Waals surface area contributed by atoms with E-state index in [2.05, 4.69) is 0 Å². The van der Waals surface area contributed by atoms with Gasteiger partial charge in [0.05, 0.1) is 5.60 Å². The molecule has 0 aromatic heterocycles. The van der Waals surface area contributed by atoms with Crippen molar-refractivity contribution in [2.45, 2.75) is 24.3 Å². The molecule has 1 aromatic rings. The first-order chi connectivity index (χ1) is 9.64. The Bertz CT molecular complexity index is 667. The van der Waals surface area contributed by atoms with Crippen molar-refractivity contribution in [3.8, 4) is 0 Å². The molecule has 0 aliphatic carbocycles. The Labute approximate surface area is 122 Å². The minimum Gasteiger partial charge on any atom is -0.480 e. The molecule has 1 aliphatic rings. The fraction of sp³-hybridized carbons (Fsp3) is 0.462. The van der Waals surface area contributed by atoms with Crippen LogP contribution in [0.25, 0.3) is 0 Å². The van der Waals surface area contributed by atoms with Crippen LogP contribution >= 0.6 is 0 Å². The number of carbonyl (C=O) groups is 1. The van der Waals surface area contributed by atoms with Crippen molar-refractivity contribution in [1.82, 2.24) is 4.31 Å². The molecule has 6 nitrogen and oxygen atoms in total. The second-order valence-electron chi connectivity index (χ2n) is 5.34. The topological polar surface area (TPSA) is 83.9 Å². The average Bonchev–Trinajstić information content (AvgIpc) is 2.35. The molecule has 116 valence electrons. The van der Waals surface area contributed by atoms with Crippen LogP contribution in [0.2, 0.25) is 0 Å². The van der Waals surface area contributed by atoms with Crippen LogP contribution in [0.5, 0.6) is 0 Å². The van der Waals surface area contributed by atoms with E-state index in [-0.39, 0.29) is 18.0 Å². The molecule has 0 unspecified atom stereocenters. The van der Waals surface area contributed by atoms with E-state index < -0.39 is 34.0 Å². The van der Waals surface area contributed by atoms with Gasteiger partial charge in [0.15, 0.2) is 0 Å². The van der Waals surface area contributed by atoms with Crippen molar-refractivity contribution in [1.29, 1.82) is 0 Å². The van der Waals surface area contributed by atoms with Gasteiger partial charge in [-0.2, -0.15) is 4.31 Å². The molecule has 21 heavy (non-hydrogen) atoms. The molecule has 1 N–H and O–H groups in total. The van der Waals surface area contributed by atoms with Crippen molar-refractivity contribution in [2.24, 2.45) is 0 Å². The molecule has 0 radical (unpaired) electrons. The van der Waals surface area contributed by atoms with Gasteiger partial charge in [-0.05, 0) is 31.5 Å². The predicted molar refractivity (Wildman–Crippen MR) is 71.9 cm³/mol. The highest BCUT2D eigenvalue weighted by Gasteiger charge is 2.47. The first-order valence-corrected chi connectivity index (χ1v) is 7.70. The minimum absolute atomic E-state index is 0.00397. The zero-order valence-electron chi connectivity index (χ0n) is 11.7. The Morgan fingerprint density at radius 1 is 1.48 bits per heavy atom. The maximum absolute atomic E-state index is 13.7. The Hall–Kier alpha value is -1.51. The summed E-state index contributed by atoms with van der Waals surface area (Å²) in [6.07, 6.45) is 0. The number of sulfonamides is 1. The normalized spacial score (nSPS) is 18.2. The van der Waals surface area contributed by atoms with Crippen molar-refractivity contribution in [3.63, 3.8) is 0 Å². The molecule has 0 atom stereocenters. The number of halogens is 1. The van der Waals surface area contributed by atoms with Gasteiger partial charge in [-0.25, -0.2) is 17.6 Å². The van der Waals surface area contributed by atoms with Crippen LogP contribution in [0.1, 0.15) is 12.5 Å². The summed E-state index contributed by atoms with van der Waals surface area (Å²) in [6, 6.07) is 3.88. The molecular weight excluding hydrogens is 301 g/mol. The van der Waals surface area contributed by atoms with Crippen molar-refractivity contribution >= 4 is 16.0 Å². The third-order valence-corrected chi connectivity index (χ3v) is 5.08. The van der Waals surface area contributed by atoms with Crippen molar-refractivity contribution < 1.29 is 27.4 Å². The van der Waals surface area contributed by atoms with E-state index in [9.17, 15) is 17.6 Å². The Balaban J connectivity index is 2.13. The average molecular weight is 317 g/mol. The van der Waals surface area contributed by atoms with Crippen LogP contribution in [-0.2, 0) is 19.6 Å². The SMILES string of the molecule is Cc1ccc(F)c(S(=O)(=O)N2CC(C)(OCC(=O)O)C2)c1. The minimum atomic E-state index is -3.93. The second kappa shape index (κ2) is 5.36. The van der Waals surface area contributed by atoms with Crippen molar-refractivity contribution in [2.75, 3.05) is 19.7 Å². The van der Waals surface area contributed by atoms with Crippen molar-refractivity contribution in [3.05, 3.63) is 29.6 Å². The van der Waals surface area contributed by atoms with Crippen LogP contribution in [0.15, 0.2) is 23.1 Å². The van der Waals surface area contributed by atoms with Gasteiger partial charge < -0.3 is 9.84 Å².